The first kappa shape index (κ1) is 8.49. The molecule has 1 heterocycles. The van der Waals surface area contributed by atoms with Crippen LogP contribution >= 0.6 is 0 Å². The minimum Gasteiger partial charge on any atom is -0.460 e. The zero-order valence-electron chi connectivity index (χ0n) is 6.45. The van der Waals surface area contributed by atoms with Gasteiger partial charge in [0.1, 0.15) is 6.10 Å². The Bertz CT molecular complexity index is 145. The van der Waals surface area contributed by atoms with Gasteiger partial charge in [0.25, 0.3) is 0 Å². The molecule has 64 valence electrons. The smallest absolute Gasteiger partial charge is 0.302 e. The monoisotopic (exact) mass is 160 g/mol. The lowest BCUT2D eigenvalue weighted by molar-refractivity contribution is -0.157. The molecule has 2 atom stereocenters. The summed E-state index contributed by atoms with van der Waals surface area (Å²) in [6.45, 7) is 2.09. The van der Waals surface area contributed by atoms with Gasteiger partial charge in [0.05, 0.1) is 19.3 Å². The van der Waals surface area contributed by atoms with Crippen molar-refractivity contribution in [1.82, 2.24) is 0 Å². The Morgan fingerprint density at radius 2 is 2.36 bits per heavy atom. The van der Waals surface area contributed by atoms with Crippen molar-refractivity contribution in [2.75, 3.05) is 13.2 Å². The van der Waals surface area contributed by atoms with Crippen LogP contribution in [-0.2, 0) is 14.3 Å². The predicted molar refractivity (Wildman–Crippen MR) is 37.0 cm³/mol. The fraction of sp³-hybridized carbons (Fsp3) is 0.857. The van der Waals surface area contributed by atoms with E-state index in [-0.39, 0.29) is 12.1 Å². The third-order valence-corrected chi connectivity index (χ3v) is 1.48. The number of rotatable bonds is 1. The van der Waals surface area contributed by atoms with Gasteiger partial charge in [-0.1, -0.05) is 0 Å². The van der Waals surface area contributed by atoms with E-state index in [4.69, 9.17) is 14.6 Å². The lowest BCUT2D eigenvalue weighted by Gasteiger charge is -2.25. The molecule has 0 aliphatic carbocycles. The lowest BCUT2D eigenvalue weighted by Crippen LogP contribution is -2.35. The predicted octanol–water partition coefficient (Wildman–Crippen LogP) is -0.301. The van der Waals surface area contributed by atoms with Crippen molar-refractivity contribution < 1.29 is 19.4 Å². The highest BCUT2D eigenvalue weighted by atomic mass is 16.6. The van der Waals surface area contributed by atoms with E-state index < -0.39 is 6.10 Å². The number of aliphatic hydroxyl groups excluding tert-OH is 1. The summed E-state index contributed by atoms with van der Waals surface area (Å²) in [5, 5.41) is 9.08. The Hall–Kier alpha value is -0.610. The van der Waals surface area contributed by atoms with E-state index in [0.29, 0.717) is 19.6 Å². The van der Waals surface area contributed by atoms with Gasteiger partial charge in [-0.15, -0.1) is 0 Å². The molecule has 1 aliphatic rings. The van der Waals surface area contributed by atoms with Crippen molar-refractivity contribution in [3.63, 3.8) is 0 Å². The number of ether oxygens (including phenoxy) is 2. The van der Waals surface area contributed by atoms with E-state index in [1.165, 1.54) is 6.92 Å². The van der Waals surface area contributed by atoms with Crippen LogP contribution in [0, 0.1) is 0 Å². The summed E-state index contributed by atoms with van der Waals surface area (Å²) in [5.74, 6) is -0.326. The highest BCUT2D eigenvalue weighted by Gasteiger charge is 2.22. The molecule has 11 heavy (non-hydrogen) atoms. The number of esters is 1. The van der Waals surface area contributed by atoms with Gasteiger partial charge in [0.2, 0.25) is 0 Å². The summed E-state index contributed by atoms with van der Waals surface area (Å²) < 4.78 is 9.81. The quantitative estimate of drug-likeness (QED) is 0.535. The minimum absolute atomic E-state index is 0.267. The minimum atomic E-state index is -0.493. The summed E-state index contributed by atoms with van der Waals surface area (Å²) >= 11 is 0. The Morgan fingerprint density at radius 3 is 2.91 bits per heavy atom. The molecule has 1 aliphatic heterocycles. The third kappa shape index (κ3) is 2.86. The molecular formula is C7H12O4. The van der Waals surface area contributed by atoms with Crippen molar-refractivity contribution in [2.24, 2.45) is 0 Å². The molecular weight excluding hydrogens is 148 g/mol. The van der Waals surface area contributed by atoms with Crippen LogP contribution in [-0.4, -0.2) is 36.5 Å². The van der Waals surface area contributed by atoms with Crippen LogP contribution in [0.3, 0.4) is 0 Å². The average Bonchev–Trinajstić information content (AvgIpc) is 1.85. The van der Waals surface area contributed by atoms with Gasteiger partial charge in [0.15, 0.2) is 0 Å². The van der Waals surface area contributed by atoms with Gasteiger partial charge in [-0.05, 0) is 0 Å². The maximum Gasteiger partial charge on any atom is 0.302 e. The van der Waals surface area contributed by atoms with Gasteiger partial charge in [-0.2, -0.15) is 0 Å². The second-order valence-electron chi connectivity index (χ2n) is 2.66. The van der Waals surface area contributed by atoms with Crippen molar-refractivity contribution in [2.45, 2.75) is 25.6 Å². The maximum absolute atomic E-state index is 10.5. The summed E-state index contributed by atoms with van der Waals surface area (Å²) in [4.78, 5) is 10.5. The van der Waals surface area contributed by atoms with Crippen LogP contribution in [0.2, 0.25) is 0 Å². The second-order valence-corrected chi connectivity index (χ2v) is 2.66. The molecule has 0 aromatic carbocycles. The first-order valence-electron chi connectivity index (χ1n) is 3.61. The lowest BCUT2D eigenvalue weighted by atomic mass is 10.1. The van der Waals surface area contributed by atoms with E-state index in [1.54, 1.807) is 0 Å². The van der Waals surface area contributed by atoms with E-state index in [9.17, 15) is 4.79 Å². The Balaban J connectivity index is 2.28. The Labute approximate surface area is 65.1 Å². The molecule has 1 rings (SSSR count). The van der Waals surface area contributed by atoms with Gasteiger partial charge >= 0.3 is 5.97 Å². The molecule has 1 N–H and O–H groups in total. The Kier molecular flexibility index (Phi) is 2.84. The molecule has 0 bridgehead atoms. The standard InChI is InChI=1S/C7H12O4/c1-5(8)11-7-2-6(9)3-10-4-7/h6-7,9H,2-4H2,1H3. The molecule has 0 radical (unpaired) electrons. The molecule has 4 heteroatoms. The number of carbonyl (C=O) groups is 1. The molecule has 1 fully saturated rings. The molecule has 0 amide bonds. The SMILES string of the molecule is CC(=O)OC1COCC(O)C1. The van der Waals surface area contributed by atoms with Gasteiger partial charge in [-0.3, -0.25) is 4.79 Å². The first-order chi connectivity index (χ1) is 5.18. The van der Waals surface area contributed by atoms with Gasteiger partial charge < -0.3 is 14.6 Å². The largest absolute Gasteiger partial charge is 0.460 e. The Morgan fingerprint density at radius 1 is 1.64 bits per heavy atom. The fourth-order valence-corrected chi connectivity index (χ4v) is 1.09. The number of hydrogen-bond acceptors (Lipinski definition) is 4. The van der Waals surface area contributed by atoms with Crippen molar-refractivity contribution in [1.29, 1.82) is 0 Å². The van der Waals surface area contributed by atoms with E-state index in [2.05, 4.69) is 0 Å². The van der Waals surface area contributed by atoms with Crippen LogP contribution in [0.1, 0.15) is 13.3 Å². The molecule has 0 aromatic rings. The van der Waals surface area contributed by atoms with Gasteiger partial charge in [0, 0.05) is 13.3 Å². The maximum atomic E-state index is 10.5. The third-order valence-electron chi connectivity index (χ3n) is 1.48. The fourth-order valence-electron chi connectivity index (χ4n) is 1.09. The number of carbonyl (C=O) groups excluding carboxylic acids is 1. The first-order valence-corrected chi connectivity index (χ1v) is 3.61. The number of hydrogen-bond donors (Lipinski definition) is 1. The average molecular weight is 160 g/mol. The van der Waals surface area contributed by atoms with Crippen LogP contribution in [0.5, 0.6) is 0 Å². The topological polar surface area (TPSA) is 55.8 Å². The van der Waals surface area contributed by atoms with Crippen molar-refractivity contribution >= 4 is 5.97 Å². The molecule has 1 saturated heterocycles. The van der Waals surface area contributed by atoms with Crippen LogP contribution in [0.4, 0.5) is 0 Å². The summed E-state index contributed by atoms with van der Waals surface area (Å²) in [5.41, 5.74) is 0. The molecule has 0 saturated carbocycles. The van der Waals surface area contributed by atoms with E-state index in [0.717, 1.165) is 0 Å². The zero-order valence-corrected chi connectivity index (χ0v) is 6.45. The molecule has 4 nitrogen and oxygen atoms in total. The summed E-state index contributed by atoms with van der Waals surface area (Å²) in [6, 6.07) is 0. The van der Waals surface area contributed by atoms with Crippen LogP contribution < -0.4 is 0 Å². The highest BCUT2D eigenvalue weighted by Crippen LogP contribution is 2.10. The normalized spacial score (nSPS) is 31.5. The van der Waals surface area contributed by atoms with Crippen molar-refractivity contribution in [3.8, 4) is 0 Å². The molecule has 0 spiro atoms. The zero-order chi connectivity index (χ0) is 8.27. The second kappa shape index (κ2) is 3.69. The summed E-state index contributed by atoms with van der Waals surface area (Å²) in [6.07, 6.45) is -0.274. The molecule has 0 aromatic heterocycles. The summed E-state index contributed by atoms with van der Waals surface area (Å²) in [7, 11) is 0. The number of aliphatic hydroxyl groups is 1. The molecule has 2 unspecified atom stereocenters. The highest BCUT2D eigenvalue weighted by molar-refractivity contribution is 5.66. The van der Waals surface area contributed by atoms with Crippen molar-refractivity contribution in [3.05, 3.63) is 0 Å². The van der Waals surface area contributed by atoms with E-state index >= 15 is 0 Å². The van der Waals surface area contributed by atoms with Gasteiger partial charge in [-0.25, -0.2) is 0 Å². The van der Waals surface area contributed by atoms with E-state index in [1.807, 2.05) is 0 Å². The van der Waals surface area contributed by atoms with Crippen LogP contribution in [0.15, 0.2) is 0 Å². The van der Waals surface area contributed by atoms with Crippen LogP contribution in [0.25, 0.3) is 0 Å².